The van der Waals surface area contributed by atoms with Gasteiger partial charge in [0.25, 0.3) is 0 Å². The first-order valence-corrected chi connectivity index (χ1v) is 4.68. The van der Waals surface area contributed by atoms with Crippen LogP contribution in [0.5, 0.6) is 0 Å². The third-order valence-electron chi connectivity index (χ3n) is 1.82. The third kappa shape index (κ3) is 1.58. The van der Waals surface area contributed by atoms with Gasteiger partial charge in [0.15, 0.2) is 4.77 Å². The number of halogens is 2. The number of imidazole rings is 1. The maximum absolute atomic E-state index is 13.0. The van der Waals surface area contributed by atoms with Crippen LogP contribution in [0.15, 0.2) is 30.6 Å². The maximum atomic E-state index is 13.0. The van der Waals surface area contributed by atoms with Crippen LogP contribution < -0.4 is 0 Å². The Morgan fingerprint density at radius 3 is 2.86 bits per heavy atom. The predicted molar refractivity (Wildman–Crippen MR) is 55.9 cm³/mol. The molecule has 1 N–H and O–H groups in total. The molecule has 2 aromatic rings. The Hall–Kier alpha value is -1.13. The molecule has 0 fully saturated rings. The van der Waals surface area contributed by atoms with Crippen LogP contribution in [0.1, 0.15) is 0 Å². The van der Waals surface area contributed by atoms with Gasteiger partial charge in [0.1, 0.15) is 5.82 Å². The second-order valence-electron chi connectivity index (χ2n) is 2.73. The number of aromatic amines is 1. The van der Waals surface area contributed by atoms with E-state index in [1.807, 2.05) is 0 Å². The standard InChI is InChI=1S/C9H6ClFN2S/c10-7-2-1-6(11)5-8(7)13-4-3-12-9(13)14/h1-5H,(H,12,14). The van der Waals surface area contributed by atoms with Gasteiger partial charge in [-0.1, -0.05) is 11.6 Å². The van der Waals surface area contributed by atoms with Crippen LogP contribution in [-0.4, -0.2) is 9.55 Å². The first kappa shape index (κ1) is 9.43. The number of nitrogens with one attached hydrogen (secondary N) is 1. The summed E-state index contributed by atoms with van der Waals surface area (Å²) in [5.74, 6) is -0.340. The average molecular weight is 229 g/mol. The minimum absolute atomic E-state index is 0.340. The molecule has 0 bridgehead atoms. The topological polar surface area (TPSA) is 20.7 Å². The van der Waals surface area contributed by atoms with Gasteiger partial charge in [0.2, 0.25) is 0 Å². The molecule has 5 heteroatoms. The number of aromatic nitrogens is 2. The van der Waals surface area contributed by atoms with Crippen molar-refractivity contribution in [3.05, 3.63) is 46.2 Å². The highest BCUT2D eigenvalue weighted by atomic mass is 35.5. The van der Waals surface area contributed by atoms with Gasteiger partial charge in [0.05, 0.1) is 10.7 Å². The molecule has 1 aromatic carbocycles. The summed E-state index contributed by atoms with van der Waals surface area (Å²) >= 11 is 10.9. The molecule has 0 radical (unpaired) electrons. The molecule has 14 heavy (non-hydrogen) atoms. The third-order valence-corrected chi connectivity index (χ3v) is 2.45. The van der Waals surface area contributed by atoms with Gasteiger partial charge in [-0.3, -0.25) is 4.57 Å². The smallest absolute Gasteiger partial charge is 0.181 e. The number of H-pyrrole nitrogens is 1. The second-order valence-corrected chi connectivity index (χ2v) is 3.52. The molecule has 0 unspecified atom stereocenters. The lowest BCUT2D eigenvalue weighted by molar-refractivity contribution is 0.626. The highest BCUT2D eigenvalue weighted by molar-refractivity contribution is 7.71. The van der Waals surface area contributed by atoms with E-state index in [0.717, 1.165) is 0 Å². The fourth-order valence-corrected chi connectivity index (χ4v) is 1.62. The summed E-state index contributed by atoms with van der Waals surface area (Å²) in [6, 6.07) is 4.15. The number of hydrogen-bond donors (Lipinski definition) is 1. The van der Waals surface area contributed by atoms with E-state index in [1.165, 1.54) is 18.2 Å². The summed E-state index contributed by atoms with van der Waals surface area (Å²) in [5, 5.41) is 0.460. The zero-order valence-corrected chi connectivity index (χ0v) is 8.57. The van der Waals surface area contributed by atoms with Crippen LogP contribution in [0.3, 0.4) is 0 Å². The van der Waals surface area contributed by atoms with Crippen LogP contribution in [-0.2, 0) is 0 Å². The molecule has 0 aliphatic heterocycles. The summed E-state index contributed by atoms with van der Waals surface area (Å²) in [5.41, 5.74) is 0.540. The molecule has 2 nitrogen and oxygen atoms in total. The Bertz CT molecular complexity index is 518. The van der Waals surface area contributed by atoms with Gasteiger partial charge >= 0.3 is 0 Å². The lowest BCUT2D eigenvalue weighted by Gasteiger charge is -2.04. The maximum Gasteiger partial charge on any atom is 0.181 e. The average Bonchev–Trinajstić information content (AvgIpc) is 2.56. The van der Waals surface area contributed by atoms with Gasteiger partial charge in [-0.15, -0.1) is 0 Å². The molecule has 0 saturated heterocycles. The highest BCUT2D eigenvalue weighted by Gasteiger charge is 2.04. The number of nitrogens with zero attached hydrogens (tertiary/aromatic N) is 1. The molecule has 1 heterocycles. The Labute approximate surface area is 90.0 Å². The predicted octanol–water partition coefficient (Wildman–Crippen LogP) is 3.33. The lowest BCUT2D eigenvalue weighted by atomic mass is 10.3. The summed E-state index contributed by atoms with van der Waals surface area (Å²) in [4.78, 5) is 2.81. The first-order valence-electron chi connectivity index (χ1n) is 3.90. The molecule has 2 rings (SSSR count). The highest BCUT2D eigenvalue weighted by Crippen LogP contribution is 2.21. The van der Waals surface area contributed by atoms with Crippen molar-refractivity contribution in [1.82, 2.24) is 9.55 Å². The van der Waals surface area contributed by atoms with Crippen LogP contribution in [0, 0.1) is 10.6 Å². The van der Waals surface area contributed by atoms with Crippen molar-refractivity contribution < 1.29 is 4.39 Å². The van der Waals surface area contributed by atoms with Crippen LogP contribution in [0.4, 0.5) is 4.39 Å². The monoisotopic (exact) mass is 228 g/mol. The van der Waals surface area contributed by atoms with Crippen molar-refractivity contribution in [2.24, 2.45) is 0 Å². The van der Waals surface area contributed by atoms with E-state index in [1.54, 1.807) is 17.0 Å². The number of benzene rings is 1. The van der Waals surface area contributed by atoms with Crippen molar-refractivity contribution in [3.63, 3.8) is 0 Å². The molecule has 0 saturated carbocycles. The van der Waals surface area contributed by atoms with Crippen molar-refractivity contribution in [3.8, 4) is 5.69 Å². The van der Waals surface area contributed by atoms with Crippen molar-refractivity contribution in [2.75, 3.05) is 0 Å². The fourth-order valence-electron chi connectivity index (χ4n) is 1.18. The second kappa shape index (κ2) is 3.55. The summed E-state index contributed by atoms with van der Waals surface area (Å²) in [6.45, 7) is 0. The summed E-state index contributed by atoms with van der Waals surface area (Å²) < 4.78 is 15.1. The van der Waals surface area contributed by atoms with E-state index in [9.17, 15) is 4.39 Å². The largest absolute Gasteiger partial charge is 0.337 e. The Morgan fingerprint density at radius 2 is 2.21 bits per heavy atom. The molecule has 0 atom stereocenters. The first-order chi connectivity index (χ1) is 6.68. The zero-order valence-electron chi connectivity index (χ0n) is 7.00. The zero-order chi connectivity index (χ0) is 10.1. The van der Waals surface area contributed by atoms with E-state index in [-0.39, 0.29) is 5.82 Å². The molecule has 0 aliphatic carbocycles. The molecular formula is C9H6ClFN2S. The Kier molecular flexibility index (Phi) is 2.39. The van der Waals surface area contributed by atoms with Gasteiger partial charge in [-0.25, -0.2) is 4.39 Å². The van der Waals surface area contributed by atoms with Crippen LogP contribution >= 0.6 is 23.8 Å². The van der Waals surface area contributed by atoms with Crippen molar-refractivity contribution in [1.29, 1.82) is 0 Å². The SMILES string of the molecule is Fc1ccc(Cl)c(-n2cc[nH]c2=S)c1. The molecule has 1 aromatic heterocycles. The van der Waals surface area contributed by atoms with E-state index < -0.39 is 0 Å². The quantitative estimate of drug-likeness (QED) is 0.743. The van der Waals surface area contributed by atoms with Gasteiger partial charge in [-0.05, 0) is 30.4 Å². The lowest BCUT2D eigenvalue weighted by Crippen LogP contribution is -1.94. The van der Waals surface area contributed by atoms with Crippen molar-refractivity contribution >= 4 is 23.8 Å². The van der Waals surface area contributed by atoms with Gasteiger partial charge in [0, 0.05) is 12.4 Å². The summed E-state index contributed by atoms with van der Waals surface area (Å²) in [7, 11) is 0. The minimum Gasteiger partial charge on any atom is -0.337 e. The van der Waals surface area contributed by atoms with Gasteiger partial charge in [-0.2, -0.15) is 0 Å². The minimum atomic E-state index is -0.340. The Morgan fingerprint density at radius 1 is 1.43 bits per heavy atom. The van der Waals surface area contributed by atoms with E-state index in [4.69, 9.17) is 23.8 Å². The fraction of sp³-hybridized carbons (Fsp3) is 0. The number of rotatable bonds is 1. The molecule has 72 valence electrons. The molecular weight excluding hydrogens is 223 g/mol. The van der Waals surface area contributed by atoms with E-state index in [2.05, 4.69) is 4.98 Å². The molecule has 0 aliphatic rings. The van der Waals surface area contributed by atoms with E-state index >= 15 is 0 Å². The van der Waals surface area contributed by atoms with E-state index in [0.29, 0.717) is 15.5 Å². The van der Waals surface area contributed by atoms with Crippen LogP contribution in [0.2, 0.25) is 5.02 Å². The number of hydrogen-bond acceptors (Lipinski definition) is 1. The summed E-state index contributed by atoms with van der Waals surface area (Å²) in [6.07, 6.45) is 3.37. The van der Waals surface area contributed by atoms with Crippen LogP contribution in [0.25, 0.3) is 5.69 Å². The molecule has 0 spiro atoms. The van der Waals surface area contributed by atoms with Crippen molar-refractivity contribution in [2.45, 2.75) is 0 Å². The van der Waals surface area contributed by atoms with Gasteiger partial charge < -0.3 is 4.98 Å². The Balaban J connectivity index is 2.68. The normalized spacial score (nSPS) is 10.4. The molecule has 0 amide bonds.